The molecule has 2 atom stereocenters. The van der Waals surface area contributed by atoms with Gasteiger partial charge in [-0.1, -0.05) is 30.3 Å². The van der Waals surface area contributed by atoms with Gasteiger partial charge in [0.1, 0.15) is 12.8 Å². The molecule has 2 unspecified atom stereocenters. The van der Waals surface area contributed by atoms with Crippen LogP contribution in [0.2, 0.25) is 0 Å². The standard InChI is InChI=1S/C15H19ClN2O3/c1-12(19)18-8-7-15(17-18)21-11-14(16)10-20-9-13-5-3-2-4-6-13/h2-8,12,14,19H,9-11H2,1H3. The number of aromatic nitrogens is 2. The van der Waals surface area contributed by atoms with Crippen LogP contribution in [0.4, 0.5) is 0 Å². The first-order chi connectivity index (χ1) is 10.1. The van der Waals surface area contributed by atoms with Crippen molar-refractivity contribution in [3.63, 3.8) is 0 Å². The quantitative estimate of drug-likeness (QED) is 0.761. The maximum atomic E-state index is 9.34. The van der Waals surface area contributed by atoms with Crippen molar-refractivity contribution in [2.75, 3.05) is 13.2 Å². The highest BCUT2D eigenvalue weighted by molar-refractivity contribution is 6.20. The number of ether oxygens (including phenoxy) is 2. The van der Waals surface area contributed by atoms with E-state index in [1.54, 1.807) is 19.2 Å². The van der Waals surface area contributed by atoms with E-state index in [0.29, 0.717) is 25.7 Å². The number of nitrogens with zero attached hydrogens (tertiary/aromatic N) is 2. The van der Waals surface area contributed by atoms with Gasteiger partial charge in [-0.25, -0.2) is 4.68 Å². The van der Waals surface area contributed by atoms with Crippen LogP contribution >= 0.6 is 11.6 Å². The third-order valence-corrected chi connectivity index (χ3v) is 3.04. The molecule has 1 N–H and O–H groups in total. The van der Waals surface area contributed by atoms with Gasteiger partial charge in [-0.3, -0.25) is 0 Å². The lowest BCUT2D eigenvalue weighted by atomic mass is 10.2. The van der Waals surface area contributed by atoms with E-state index in [1.165, 1.54) is 4.68 Å². The number of hydrogen-bond donors (Lipinski definition) is 1. The molecule has 0 saturated carbocycles. The zero-order valence-corrected chi connectivity index (χ0v) is 12.6. The summed E-state index contributed by atoms with van der Waals surface area (Å²) in [4.78, 5) is 0. The van der Waals surface area contributed by atoms with Gasteiger partial charge in [0.05, 0.1) is 18.6 Å². The van der Waals surface area contributed by atoms with Gasteiger partial charge in [-0.15, -0.1) is 16.7 Å². The molecule has 1 aromatic carbocycles. The van der Waals surface area contributed by atoms with Gasteiger partial charge in [0.25, 0.3) is 0 Å². The molecule has 0 aliphatic heterocycles. The molecule has 1 aromatic heterocycles. The van der Waals surface area contributed by atoms with E-state index in [0.717, 1.165) is 5.56 Å². The van der Waals surface area contributed by atoms with Gasteiger partial charge in [0, 0.05) is 12.3 Å². The highest BCUT2D eigenvalue weighted by Crippen LogP contribution is 2.11. The van der Waals surface area contributed by atoms with Crippen molar-refractivity contribution in [2.24, 2.45) is 0 Å². The van der Waals surface area contributed by atoms with E-state index < -0.39 is 6.23 Å². The first-order valence-electron chi connectivity index (χ1n) is 6.77. The summed E-state index contributed by atoms with van der Waals surface area (Å²) in [5.74, 6) is 0.435. The topological polar surface area (TPSA) is 56.5 Å². The molecule has 0 spiro atoms. The summed E-state index contributed by atoms with van der Waals surface area (Å²) < 4.78 is 12.4. The van der Waals surface area contributed by atoms with Crippen LogP contribution in [0.3, 0.4) is 0 Å². The Morgan fingerprint density at radius 2 is 2.00 bits per heavy atom. The van der Waals surface area contributed by atoms with Crippen LogP contribution in [0.15, 0.2) is 42.6 Å². The van der Waals surface area contributed by atoms with Crippen molar-refractivity contribution in [1.82, 2.24) is 9.78 Å². The van der Waals surface area contributed by atoms with E-state index in [4.69, 9.17) is 21.1 Å². The highest BCUT2D eigenvalue weighted by Gasteiger charge is 2.09. The lowest BCUT2D eigenvalue weighted by molar-refractivity contribution is 0.103. The van der Waals surface area contributed by atoms with Crippen molar-refractivity contribution in [1.29, 1.82) is 0 Å². The van der Waals surface area contributed by atoms with E-state index >= 15 is 0 Å². The Morgan fingerprint density at radius 1 is 1.24 bits per heavy atom. The SMILES string of the molecule is CC(O)n1ccc(OCC(Cl)COCc2ccccc2)n1. The average Bonchev–Trinajstić information content (AvgIpc) is 2.95. The molecule has 21 heavy (non-hydrogen) atoms. The predicted molar refractivity (Wildman–Crippen MR) is 80.4 cm³/mol. The summed E-state index contributed by atoms with van der Waals surface area (Å²) in [7, 11) is 0. The fourth-order valence-corrected chi connectivity index (χ4v) is 1.86. The summed E-state index contributed by atoms with van der Waals surface area (Å²) in [6, 6.07) is 11.6. The van der Waals surface area contributed by atoms with Crippen molar-refractivity contribution >= 4 is 11.6 Å². The van der Waals surface area contributed by atoms with E-state index in [9.17, 15) is 5.11 Å². The molecule has 0 bridgehead atoms. The first-order valence-corrected chi connectivity index (χ1v) is 7.20. The molecular weight excluding hydrogens is 292 g/mol. The van der Waals surface area contributed by atoms with Crippen LogP contribution in [-0.2, 0) is 11.3 Å². The van der Waals surface area contributed by atoms with Crippen LogP contribution in [0, 0.1) is 0 Å². The summed E-state index contributed by atoms with van der Waals surface area (Å²) in [6.07, 6.45) is 0.971. The first kappa shape index (κ1) is 15.8. The van der Waals surface area contributed by atoms with Gasteiger partial charge < -0.3 is 14.6 Å². The fraction of sp³-hybridized carbons (Fsp3) is 0.400. The second-order valence-corrected chi connectivity index (χ2v) is 5.29. The van der Waals surface area contributed by atoms with E-state index in [2.05, 4.69) is 5.10 Å². The molecule has 0 aliphatic rings. The summed E-state index contributed by atoms with van der Waals surface area (Å²) in [5.41, 5.74) is 1.11. The zero-order chi connectivity index (χ0) is 15.1. The second-order valence-electron chi connectivity index (χ2n) is 4.67. The summed E-state index contributed by atoms with van der Waals surface area (Å²) in [6.45, 7) is 2.85. The zero-order valence-electron chi connectivity index (χ0n) is 11.9. The van der Waals surface area contributed by atoms with Crippen molar-refractivity contribution in [3.8, 4) is 5.88 Å². The summed E-state index contributed by atoms with van der Waals surface area (Å²) >= 11 is 6.13. The van der Waals surface area contributed by atoms with Crippen LogP contribution in [-0.4, -0.2) is 33.5 Å². The van der Waals surface area contributed by atoms with Gasteiger partial charge in [-0.05, 0) is 12.5 Å². The van der Waals surface area contributed by atoms with Crippen LogP contribution in [0.1, 0.15) is 18.7 Å². The Morgan fingerprint density at radius 3 is 2.67 bits per heavy atom. The Bertz CT molecular complexity index is 531. The molecule has 114 valence electrons. The Labute approximate surface area is 129 Å². The number of aliphatic hydroxyl groups excluding tert-OH is 1. The smallest absolute Gasteiger partial charge is 0.232 e. The normalized spacial score (nSPS) is 13.9. The fourth-order valence-electron chi connectivity index (χ4n) is 1.71. The van der Waals surface area contributed by atoms with Gasteiger partial charge in [-0.2, -0.15) is 0 Å². The monoisotopic (exact) mass is 310 g/mol. The molecule has 0 radical (unpaired) electrons. The third kappa shape index (κ3) is 5.38. The minimum Gasteiger partial charge on any atom is -0.475 e. The molecule has 0 aliphatic carbocycles. The van der Waals surface area contributed by atoms with E-state index in [-0.39, 0.29) is 5.38 Å². The van der Waals surface area contributed by atoms with Gasteiger partial charge in [0.15, 0.2) is 0 Å². The molecule has 2 rings (SSSR count). The number of hydrogen-bond acceptors (Lipinski definition) is 4. The van der Waals surface area contributed by atoms with Gasteiger partial charge >= 0.3 is 0 Å². The molecule has 0 saturated heterocycles. The number of halogens is 1. The predicted octanol–water partition coefficient (Wildman–Crippen LogP) is 2.60. The molecule has 5 nitrogen and oxygen atoms in total. The lowest BCUT2D eigenvalue weighted by Gasteiger charge is -2.11. The highest BCUT2D eigenvalue weighted by atomic mass is 35.5. The summed E-state index contributed by atoms with van der Waals surface area (Å²) in [5, 5.41) is 13.1. The van der Waals surface area contributed by atoms with Crippen molar-refractivity contribution < 1.29 is 14.6 Å². The molecular formula is C15H19ClN2O3. The maximum absolute atomic E-state index is 9.34. The number of benzene rings is 1. The average molecular weight is 311 g/mol. The van der Waals surface area contributed by atoms with E-state index in [1.807, 2.05) is 30.3 Å². The molecule has 0 amide bonds. The Kier molecular flexibility index (Phi) is 6.04. The molecule has 0 fully saturated rings. The van der Waals surface area contributed by atoms with Crippen molar-refractivity contribution in [3.05, 3.63) is 48.2 Å². The van der Waals surface area contributed by atoms with Crippen LogP contribution in [0.25, 0.3) is 0 Å². The maximum Gasteiger partial charge on any atom is 0.232 e. The lowest BCUT2D eigenvalue weighted by Crippen LogP contribution is -2.18. The minimum atomic E-state index is -0.677. The minimum absolute atomic E-state index is 0.259. The van der Waals surface area contributed by atoms with Crippen LogP contribution in [0.5, 0.6) is 5.88 Å². The number of rotatable bonds is 8. The molecule has 6 heteroatoms. The second kappa shape index (κ2) is 8.02. The molecule has 2 aromatic rings. The molecule has 1 heterocycles. The largest absolute Gasteiger partial charge is 0.475 e. The number of aliphatic hydroxyl groups is 1. The Hall–Kier alpha value is -1.56. The van der Waals surface area contributed by atoms with Crippen molar-refractivity contribution in [2.45, 2.75) is 25.1 Å². The van der Waals surface area contributed by atoms with Crippen LogP contribution < -0.4 is 4.74 Å². The Balaban J connectivity index is 1.66. The number of alkyl halides is 1. The van der Waals surface area contributed by atoms with Gasteiger partial charge in [0.2, 0.25) is 5.88 Å². The third-order valence-electron chi connectivity index (χ3n) is 2.79.